The van der Waals surface area contributed by atoms with Crippen LogP contribution in [-0.2, 0) is 49.6 Å². The van der Waals surface area contributed by atoms with Gasteiger partial charge < -0.3 is 81.6 Å². The Morgan fingerprint density at radius 1 is 0.630 bits per heavy atom. The van der Waals surface area contributed by atoms with Crippen LogP contribution in [0.25, 0.3) is 0 Å². The van der Waals surface area contributed by atoms with Crippen LogP contribution in [0.3, 0.4) is 0 Å². The monoisotopic (exact) mass is 1030 g/mol. The maximum Gasteiger partial charge on any atom is 0.245 e. The van der Waals surface area contributed by atoms with Gasteiger partial charge in [0, 0.05) is 25.1 Å². The third kappa shape index (κ3) is 23.6. The standard InChI is InChI=1S/C49H86N14O10/c1-5-6-7-8-9-10-11-12-40(65)56-33(17-22-50)42(66)60-37-21-26-55-49(73)41(30(4)64)63-46(70)36(20-25-53)58-43(67)34(18-23-51)59-47(71)38(27-29(2)3)61-48(72)39(28-31-13-15-32(54)16-14-31)62-44(68)35(19-24-52)57-45(37)69/h13-16,29-30,33-39,41,64H,5-12,17-28,50-54H2,1-4H3,(H,55,73)(H,56,65)(H,57,69)(H,58,67)(H,59,71)(H,60,66)(H,61,72)(H,62,68)(H,63,70)/t30-,33-,34+,35+,36+,37+,38+,39-,41+/m1/s1. The van der Waals surface area contributed by atoms with Crippen molar-refractivity contribution in [2.24, 2.45) is 28.9 Å². The van der Waals surface area contributed by atoms with E-state index >= 15 is 0 Å². The lowest BCUT2D eigenvalue weighted by Crippen LogP contribution is -2.61. The Morgan fingerprint density at radius 3 is 1.63 bits per heavy atom. The summed E-state index contributed by atoms with van der Waals surface area (Å²) < 4.78 is 0. The molecule has 0 bridgehead atoms. The van der Waals surface area contributed by atoms with Gasteiger partial charge in [-0.25, -0.2) is 0 Å². The van der Waals surface area contributed by atoms with Crippen LogP contribution < -0.4 is 76.5 Å². The summed E-state index contributed by atoms with van der Waals surface area (Å²) in [4.78, 5) is 125. The Balaban J connectivity index is 2.67. The van der Waals surface area contributed by atoms with Crippen molar-refractivity contribution in [1.29, 1.82) is 0 Å². The minimum absolute atomic E-state index is 0.00403. The van der Waals surface area contributed by atoms with E-state index in [1.807, 2.05) is 0 Å². The van der Waals surface area contributed by atoms with Crippen molar-refractivity contribution >= 4 is 58.9 Å². The zero-order chi connectivity index (χ0) is 54.5. The third-order valence-corrected chi connectivity index (χ3v) is 12.2. The van der Waals surface area contributed by atoms with Crippen LogP contribution in [-0.4, -0.2) is 145 Å². The number of hydrogen-bond acceptors (Lipinski definition) is 15. The number of amides is 9. The van der Waals surface area contributed by atoms with E-state index in [4.69, 9.17) is 28.7 Å². The summed E-state index contributed by atoms with van der Waals surface area (Å²) >= 11 is 0. The van der Waals surface area contributed by atoms with E-state index in [0.717, 1.165) is 38.5 Å². The van der Waals surface area contributed by atoms with E-state index in [2.05, 4.69) is 54.8 Å². The minimum Gasteiger partial charge on any atom is -0.399 e. The van der Waals surface area contributed by atoms with Gasteiger partial charge in [-0.1, -0.05) is 71.4 Å². The molecule has 24 heteroatoms. The smallest absolute Gasteiger partial charge is 0.245 e. The van der Waals surface area contributed by atoms with E-state index in [0.29, 0.717) is 17.7 Å². The van der Waals surface area contributed by atoms with Crippen LogP contribution in [0, 0.1) is 5.92 Å². The van der Waals surface area contributed by atoms with E-state index in [-0.39, 0.29) is 95.9 Å². The summed E-state index contributed by atoms with van der Waals surface area (Å²) in [5, 5.41) is 34.3. The highest BCUT2D eigenvalue weighted by Gasteiger charge is 2.36. The number of carbonyl (C=O) groups is 9. The molecule has 0 unspecified atom stereocenters. The van der Waals surface area contributed by atoms with Gasteiger partial charge in [-0.05, 0) is 102 Å². The molecule has 1 aliphatic heterocycles. The molecular formula is C49H86N14O10. The third-order valence-electron chi connectivity index (χ3n) is 12.2. The Bertz CT molecular complexity index is 1920. The summed E-state index contributed by atoms with van der Waals surface area (Å²) in [6, 6.07) is -4.47. The number of aliphatic hydroxyl groups excluding tert-OH is 1. The molecule has 0 saturated carbocycles. The average Bonchev–Trinajstić information content (AvgIpc) is 3.33. The number of benzene rings is 1. The molecule has 20 N–H and O–H groups in total. The van der Waals surface area contributed by atoms with Gasteiger partial charge in [0.05, 0.1) is 6.10 Å². The number of rotatable bonds is 24. The molecule has 0 aliphatic carbocycles. The Kier molecular flexibility index (Phi) is 29.8. The maximum atomic E-state index is 14.4. The first-order valence-electron chi connectivity index (χ1n) is 25.8. The summed E-state index contributed by atoms with van der Waals surface area (Å²) in [7, 11) is 0. The molecule has 1 saturated heterocycles. The van der Waals surface area contributed by atoms with Crippen LogP contribution >= 0.6 is 0 Å². The fourth-order valence-electron chi connectivity index (χ4n) is 8.06. The molecule has 1 aromatic carbocycles. The Hall–Kier alpha value is -5.95. The highest BCUT2D eigenvalue weighted by molar-refractivity contribution is 5.98. The molecule has 73 heavy (non-hydrogen) atoms. The van der Waals surface area contributed by atoms with Gasteiger partial charge in [-0.2, -0.15) is 0 Å². The molecule has 24 nitrogen and oxygen atoms in total. The predicted molar refractivity (Wildman–Crippen MR) is 276 cm³/mol. The van der Waals surface area contributed by atoms with Crippen molar-refractivity contribution in [3.05, 3.63) is 29.8 Å². The first-order chi connectivity index (χ1) is 34.8. The summed E-state index contributed by atoms with van der Waals surface area (Å²) in [5.74, 6) is -7.32. The molecule has 1 aliphatic rings. The van der Waals surface area contributed by atoms with Gasteiger partial charge in [0.25, 0.3) is 0 Å². The first kappa shape index (κ1) is 63.2. The fraction of sp³-hybridized carbons (Fsp3) is 0.694. The van der Waals surface area contributed by atoms with Crippen LogP contribution in [0.5, 0.6) is 0 Å². The van der Waals surface area contributed by atoms with Gasteiger partial charge >= 0.3 is 0 Å². The minimum atomic E-state index is -1.60. The molecule has 1 heterocycles. The molecule has 2 rings (SSSR count). The zero-order valence-corrected chi connectivity index (χ0v) is 43.2. The molecule has 1 aromatic rings. The quantitative estimate of drug-likeness (QED) is 0.0367. The fourth-order valence-corrected chi connectivity index (χ4v) is 8.06. The highest BCUT2D eigenvalue weighted by Crippen LogP contribution is 2.13. The number of unbranched alkanes of at least 4 members (excludes halogenated alkanes) is 6. The number of carbonyl (C=O) groups excluding carboxylic acids is 9. The normalized spacial score (nSPS) is 23.1. The number of hydrogen-bond donors (Lipinski definition) is 15. The molecular weight excluding hydrogens is 945 g/mol. The van der Waals surface area contributed by atoms with Crippen molar-refractivity contribution in [1.82, 2.24) is 47.9 Å². The second kappa shape index (κ2) is 34.5. The number of anilines is 1. The summed E-state index contributed by atoms with van der Waals surface area (Å²) in [6.45, 7) is 6.31. The lowest BCUT2D eigenvalue weighted by atomic mass is 10.00. The molecule has 9 amide bonds. The van der Waals surface area contributed by atoms with Crippen LogP contribution in [0.15, 0.2) is 24.3 Å². The molecule has 412 valence electrons. The summed E-state index contributed by atoms with van der Waals surface area (Å²) in [6.07, 6.45) is 4.77. The largest absolute Gasteiger partial charge is 0.399 e. The second-order valence-corrected chi connectivity index (χ2v) is 19.0. The topological polar surface area (TPSA) is 412 Å². The van der Waals surface area contributed by atoms with Crippen molar-refractivity contribution in [3.63, 3.8) is 0 Å². The van der Waals surface area contributed by atoms with E-state index < -0.39 is 102 Å². The van der Waals surface area contributed by atoms with Gasteiger partial charge in [0.2, 0.25) is 53.2 Å². The number of nitrogen functional groups attached to an aromatic ring is 1. The van der Waals surface area contributed by atoms with Gasteiger partial charge in [-0.3, -0.25) is 43.2 Å². The van der Waals surface area contributed by atoms with Crippen molar-refractivity contribution in [3.8, 4) is 0 Å². The maximum absolute atomic E-state index is 14.4. The number of nitrogens with two attached hydrogens (primary N) is 5. The SMILES string of the molecule is CCCCCCCCCC(=O)N[C@H](CCN)C(=O)N[C@H]1CCNC(=O)[C@H]([C@@H](C)O)NC(=O)[C@H](CCN)NC(=O)[C@H](CCN)NC(=O)[C@H](CC(C)C)NC(=O)[C@@H](Cc2ccc(N)cc2)NC(=O)[C@H](CCN)NC1=O. The average molecular weight is 1030 g/mol. The van der Waals surface area contributed by atoms with Crippen LogP contribution in [0.4, 0.5) is 5.69 Å². The number of aliphatic hydroxyl groups is 1. The zero-order valence-electron chi connectivity index (χ0n) is 43.2. The molecule has 0 radical (unpaired) electrons. The second-order valence-electron chi connectivity index (χ2n) is 19.0. The van der Waals surface area contributed by atoms with Crippen molar-refractivity contribution < 1.29 is 48.3 Å². The molecule has 1 fully saturated rings. The molecule has 9 atom stereocenters. The highest BCUT2D eigenvalue weighted by atomic mass is 16.3. The van der Waals surface area contributed by atoms with Crippen LogP contribution in [0.1, 0.15) is 123 Å². The first-order valence-corrected chi connectivity index (χ1v) is 25.8. The van der Waals surface area contributed by atoms with Crippen LogP contribution in [0.2, 0.25) is 0 Å². The lowest BCUT2D eigenvalue weighted by Gasteiger charge is -2.28. The Morgan fingerprint density at radius 2 is 1.11 bits per heavy atom. The molecule has 0 spiro atoms. The Labute approximate surface area is 429 Å². The lowest BCUT2D eigenvalue weighted by molar-refractivity contribution is -0.136. The van der Waals surface area contributed by atoms with E-state index in [1.54, 1.807) is 38.1 Å². The van der Waals surface area contributed by atoms with Crippen molar-refractivity contribution in [2.45, 2.75) is 178 Å². The molecule has 0 aromatic heterocycles. The van der Waals surface area contributed by atoms with E-state index in [1.165, 1.54) is 6.92 Å². The van der Waals surface area contributed by atoms with E-state index in [9.17, 15) is 48.3 Å². The van der Waals surface area contributed by atoms with Gasteiger partial charge in [0.15, 0.2) is 0 Å². The van der Waals surface area contributed by atoms with Gasteiger partial charge in [0.1, 0.15) is 48.3 Å². The number of nitrogens with one attached hydrogen (secondary N) is 9. The van der Waals surface area contributed by atoms with Crippen molar-refractivity contribution in [2.75, 3.05) is 38.5 Å². The predicted octanol–water partition coefficient (Wildman–Crippen LogP) is -2.83. The van der Waals surface area contributed by atoms with Gasteiger partial charge in [-0.15, -0.1) is 0 Å². The summed E-state index contributed by atoms with van der Waals surface area (Å²) in [5.41, 5.74) is 30.4.